The molecular formula is C18H26N6O. The third-order valence-electron chi connectivity index (χ3n) is 3.73. The lowest BCUT2D eigenvalue weighted by Crippen LogP contribution is -2.37. The summed E-state index contributed by atoms with van der Waals surface area (Å²) in [6, 6.07) is 6.97. The van der Waals surface area contributed by atoms with Gasteiger partial charge in [0, 0.05) is 38.1 Å². The van der Waals surface area contributed by atoms with Crippen molar-refractivity contribution in [3.05, 3.63) is 42.4 Å². The van der Waals surface area contributed by atoms with E-state index in [-0.39, 0.29) is 5.91 Å². The van der Waals surface area contributed by atoms with Crippen molar-refractivity contribution in [1.82, 2.24) is 15.0 Å². The normalized spacial score (nSPS) is 12.0. The summed E-state index contributed by atoms with van der Waals surface area (Å²) in [6.07, 6.45) is 4.83. The van der Waals surface area contributed by atoms with E-state index in [2.05, 4.69) is 20.3 Å². The second-order valence-electron chi connectivity index (χ2n) is 6.46. The summed E-state index contributed by atoms with van der Waals surface area (Å²) in [4.78, 5) is 27.0. The van der Waals surface area contributed by atoms with Crippen LogP contribution < -0.4 is 16.0 Å². The fourth-order valence-corrected chi connectivity index (χ4v) is 2.36. The van der Waals surface area contributed by atoms with Crippen molar-refractivity contribution in [3.63, 3.8) is 0 Å². The van der Waals surface area contributed by atoms with Crippen LogP contribution in [0.3, 0.4) is 0 Å². The fraction of sp³-hybridized carbons (Fsp3) is 0.444. The molecule has 1 amide bonds. The van der Waals surface area contributed by atoms with E-state index < -0.39 is 6.04 Å². The molecule has 0 saturated heterocycles. The fourth-order valence-electron chi connectivity index (χ4n) is 2.36. The van der Waals surface area contributed by atoms with Crippen LogP contribution in [0.5, 0.6) is 0 Å². The van der Waals surface area contributed by atoms with Gasteiger partial charge in [0.2, 0.25) is 11.9 Å². The molecule has 1 atom stereocenters. The van der Waals surface area contributed by atoms with Crippen molar-refractivity contribution in [2.45, 2.75) is 32.7 Å². The second-order valence-corrected chi connectivity index (χ2v) is 6.46. The summed E-state index contributed by atoms with van der Waals surface area (Å²) in [5, 5.41) is 2.76. The quantitative estimate of drug-likeness (QED) is 0.760. The van der Waals surface area contributed by atoms with Crippen LogP contribution in [0.15, 0.2) is 36.7 Å². The summed E-state index contributed by atoms with van der Waals surface area (Å²) >= 11 is 0. The molecule has 3 N–H and O–H groups in total. The summed E-state index contributed by atoms with van der Waals surface area (Å²) in [7, 11) is 1.91. The molecule has 0 aliphatic heterocycles. The number of pyridine rings is 1. The van der Waals surface area contributed by atoms with Crippen LogP contribution in [0, 0.1) is 5.92 Å². The number of hydrogen-bond acceptors (Lipinski definition) is 6. The predicted molar refractivity (Wildman–Crippen MR) is 99.3 cm³/mol. The van der Waals surface area contributed by atoms with Gasteiger partial charge in [-0.05, 0) is 30.5 Å². The first-order valence-electron chi connectivity index (χ1n) is 8.46. The molecule has 0 fully saturated rings. The Hall–Kier alpha value is -2.54. The molecule has 25 heavy (non-hydrogen) atoms. The van der Waals surface area contributed by atoms with Crippen LogP contribution in [0.4, 0.5) is 11.8 Å². The zero-order valence-corrected chi connectivity index (χ0v) is 15.0. The Kier molecular flexibility index (Phi) is 6.82. The Bertz CT molecular complexity index is 676. The van der Waals surface area contributed by atoms with Gasteiger partial charge < -0.3 is 16.0 Å². The molecule has 7 nitrogen and oxygen atoms in total. The molecule has 2 aromatic rings. The van der Waals surface area contributed by atoms with Crippen LogP contribution in [0.1, 0.15) is 26.0 Å². The first kappa shape index (κ1) is 18.8. The number of nitrogens with two attached hydrogens (primary N) is 1. The molecule has 7 heteroatoms. The number of hydrogen-bond donors (Lipinski definition) is 2. The molecular weight excluding hydrogens is 316 g/mol. The zero-order valence-electron chi connectivity index (χ0n) is 15.0. The minimum absolute atomic E-state index is 0.227. The number of anilines is 2. The Balaban J connectivity index is 1.94. The number of carbonyl (C=O) groups excluding carboxylic acids is 1. The number of nitrogens with one attached hydrogen (secondary N) is 1. The summed E-state index contributed by atoms with van der Waals surface area (Å²) in [6.45, 7) is 4.79. The standard InChI is InChI=1S/C18H26N6O/c1-13(2)12-15(19)17(25)22-16-7-10-21-18(23-16)24(3)11-8-14-6-4-5-9-20-14/h4-7,9-10,13,15H,8,11-12,19H2,1-3H3,(H,21,22,23,25)/t15-/m0/s1. The van der Waals surface area contributed by atoms with Crippen molar-refractivity contribution in [3.8, 4) is 0 Å². The van der Waals surface area contributed by atoms with Gasteiger partial charge in [0.05, 0.1) is 6.04 Å². The lowest BCUT2D eigenvalue weighted by atomic mass is 10.0. The highest BCUT2D eigenvalue weighted by Gasteiger charge is 2.16. The van der Waals surface area contributed by atoms with Crippen LogP contribution in [-0.4, -0.2) is 40.5 Å². The highest BCUT2D eigenvalue weighted by Crippen LogP contribution is 2.11. The Morgan fingerprint density at radius 2 is 2.04 bits per heavy atom. The van der Waals surface area contributed by atoms with E-state index in [4.69, 9.17) is 5.73 Å². The maximum Gasteiger partial charge on any atom is 0.242 e. The number of nitrogens with zero attached hydrogens (tertiary/aromatic N) is 4. The molecule has 0 spiro atoms. The van der Waals surface area contributed by atoms with E-state index in [1.165, 1.54) is 0 Å². The van der Waals surface area contributed by atoms with Crippen molar-refractivity contribution >= 4 is 17.7 Å². The number of likely N-dealkylation sites (N-methyl/N-ethyl adjacent to an activating group) is 1. The lowest BCUT2D eigenvalue weighted by molar-refractivity contribution is -0.117. The number of amides is 1. The third-order valence-corrected chi connectivity index (χ3v) is 3.73. The molecule has 0 aliphatic rings. The topological polar surface area (TPSA) is 97.0 Å². The first-order valence-corrected chi connectivity index (χ1v) is 8.46. The lowest BCUT2D eigenvalue weighted by Gasteiger charge is -2.18. The van der Waals surface area contributed by atoms with Gasteiger partial charge in [0.1, 0.15) is 5.82 Å². The maximum absolute atomic E-state index is 12.1. The van der Waals surface area contributed by atoms with Gasteiger partial charge in [0.15, 0.2) is 0 Å². The average molecular weight is 342 g/mol. The molecule has 2 heterocycles. The molecule has 2 aromatic heterocycles. The zero-order chi connectivity index (χ0) is 18.2. The summed E-state index contributed by atoms with van der Waals surface area (Å²) in [5.74, 6) is 1.14. The van der Waals surface area contributed by atoms with E-state index >= 15 is 0 Å². The van der Waals surface area contributed by atoms with E-state index in [0.29, 0.717) is 24.1 Å². The first-order chi connectivity index (χ1) is 12.0. The molecule has 2 rings (SSSR count). The smallest absolute Gasteiger partial charge is 0.242 e. The average Bonchev–Trinajstić information content (AvgIpc) is 2.60. The van der Waals surface area contributed by atoms with Gasteiger partial charge in [-0.25, -0.2) is 4.98 Å². The third kappa shape index (κ3) is 6.11. The van der Waals surface area contributed by atoms with Crippen LogP contribution in [0.25, 0.3) is 0 Å². The second kappa shape index (κ2) is 9.08. The minimum atomic E-state index is -0.541. The molecule has 134 valence electrons. The monoisotopic (exact) mass is 342 g/mol. The van der Waals surface area contributed by atoms with Crippen molar-refractivity contribution in [1.29, 1.82) is 0 Å². The van der Waals surface area contributed by atoms with Gasteiger partial charge in [-0.15, -0.1) is 0 Å². The number of rotatable bonds is 8. The van der Waals surface area contributed by atoms with E-state index in [0.717, 1.165) is 18.7 Å². The number of aromatic nitrogens is 3. The van der Waals surface area contributed by atoms with E-state index in [9.17, 15) is 4.79 Å². The van der Waals surface area contributed by atoms with Crippen molar-refractivity contribution < 1.29 is 4.79 Å². The van der Waals surface area contributed by atoms with Crippen LogP contribution >= 0.6 is 0 Å². The molecule has 0 aromatic carbocycles. The van der Waals surface area contributed by atoms with Crippen LogP contribution in [0.2, 0.25) is 0 Å². The summed E-state index contributed by atoms with van der Waals surface area (Å²) < 4.78 is 0. The van der Waals surface area contributed by atoms with Gasteiger partial charge in [-0.2, -0.15) is 4.98 Å². The van der Waals surface area contributed by atoms with Gasteiger partial charge >= 0.3 is 0 Å². The van der Waals surface area contributed by atoms with Crippen molar-refractivity contribution in [2.75, 3.05) is 23.8 Å². The van der Waals surface area contributed by atoms with Gasteiger partial charge in [0.25, 0.3) is 0 Å². The predicted octanol–water partition coefficient (Wildman–Crippen LogP) is 1.86. The van der Waals surface area contributed by atoms with Crippen LogP contribution in [-0.2, 0) is 11.2 Å². The molecule has 0 aliphatic carbocycles. The minimum Gasteiger partial charge on any atom is -0.343 e. The SMILES string of the molecule is CC(C)C[C@H](N)C(=O)Nc1ccnc(N(C)CCc2ccccn2)n1. The van der Waals surface area contributed by atoms with E-state index in [1.807, 2.05) is 44.0 Å². The maximum atomic E-state index is 12.1. The molecule has 0 saturated carbocycles. The van der Waals surface area contributed by atoms with Gasteiger partial charge in [-0.1, -0.05) is 19.9 Å². The number of carbonyl (C=O) groups is 1. The van der Waals surface area contributed by atoms with E-state index in [1.54, 1.807) is 18.5 Å². The summed E-state index contributed by atoms with van der Waals surface area (Å²) in [5.41, 5.74) is 6.92. The highest BCUT2D eigenvalue weighted by atomic mass is 16.2. The Morgan fingerprint density at radius 3 is 2.72 bits per heavy atom. The largest absolute Gasteiger partial charge is 0.343 e. The van der Waals surface area contributed by atoms with Crippen molar-refractivity contribution in [2.24, 2.45) is 11.7 Å². The Morgan fingerprint density at radius 1 is 1.24 bits per heavy atom. The molecule has 0 radical (unpaired) electrons. The Labute approximate surface area is 148 Å². The van der Waals surface area contributed by atoms with Gasteiger partial charge in [-0.3, -0.25) is 9.78 Å². The molecule has 0 bridgehead atoms. The molecule has 0 unspecified atom stereocenters. The highest BCUT2D eigenvalue weighted by molar-refractivity contribution is 5.93.